The molecule has 2 amide bonds. The Morgan fingerprint density at radius 3 is 1.82 bits per heavy atom. The number of hydrogen-bond donors (Lipinski definition) is 1. The number of carbonyl (C=O) groups is 2. The summed E-state index contributed by atoms with van der Waals surface area (Å²) in [5, 5.41) is 0. The van der Waals surface area contributed by atoms with Crippen LogP contribution >= 0.6 is 0 Å². The third-order valence-electron chi connectivity index (χ3n) is 2.54. The number of benzene rings is 1. The molecule has 0 bridgehead atoms. The molecule has 0 aliphatic heterocycles. The topological polar surface area (TPSA) is 49.4 Å². The molecular formula is C11H7F7N2O2. The van der Waals surface area contributed by atoms with Crippen LogP contribution in [0, 0.1) is 17.5 Å². The minimum absolute atomic E-state index is 0.305. The van der Waals surface area contributed by atoms with Crippen molar-refractivity contribution in [3.63, 3.8) is 0 Å². The molecule has 0 saturated carbocycles. The van der Waals surface area contributed by atoms with Crippen LogP contribution in [0.15, 0.2) is 0 Å². The summed E-state index contributed by atoms with van der Waals surface area (Å²) in [4.78, 5) is 23.3. The van der Waals surface area contributed by atoms with Crippen LogP contribution in [0.25, 0.3) is 0 Å². The summed E-state index contributed by atoms with van der Waals surface area (Å²) in [5.74, 6) is -11.4. The molecule has 1 aromatic carbocycles. The molecule has 0 fully saturated rings. The highest BCUT2D eigenvalue weighted by Crippen LogP contribution is 2.37. The Kier molecular flexibility index (Phi) is 4.68. The van der Waals surface area contributed by atoms with E-state index in [4.69, 9.17) is 0 Å². The average molecular weight is 332 g/mol. The summed E-state index contributed by atoms with van der Waals surface area (Å²) in [5.41, 5.74) is -5.92. The maximum atomic E-state index is 13.9. The molecule has 22 heavy (non-hydrogen) atoms. The van der Waals surface area contributed by atoms with Gasteiger partial charge in [-0.25, -0.2) is 13.2 Å². The molecule has 0 unspecified atom stereocenters. The van der Waals surface area contributed by atoms with Gasteiger partial charge in [0.25, 0.3) is 11.8 Å². The van der Waals surface area contributed by atoms with Crippen molar-refractivity contribution in [2.75, 3.05) is 14.1 Å². The van der Waals surface area contributed by atoms with E-state index < -0.39 is 52.1 Å². The first-order chi connectivity index (χ1) is 9.95. The number of alkyl halides is 3. The molecule has 122 valence electrons. The highest BCUT2D eigenvalue weighted by molar-refractivity contribution is 6.07. The normalized spacial score (nSPS) is 11.3. The number of nitrogens with one attached hydrogen (secondary N) is 1. The van der Waals surface area contributed by atoms with Gasteiger partial charge in [-0.05, 0) is 0 Å². The van der Waals surface area contributed by atoms with Crippen LogP contribution in [0.5, 0.6) is 0 Å². The molecule has 1 N–H and O–H groups in total. The van der Waals surface area contributed by atoms with Gasteiger partial charge in [0.05, 0.1) is 11.1 Å². The zero-order chi connectivity index (χ0) is 17.4. The van der Waals surface area contributed by atoms with Gasteiger partial charge in [-0.3, -0.25) is 9.59 Å². The molecule has 0 radical (unpaired) electrons. The van der Waals surface area contributed by atoms with Gasteiger partial charge in [-0.15, -0.1) is 0 Å². The van der Waals surface area contributed by atoms with Crippen LogP contribution in [0.3, 0.4) is 0 Å². The fraction of sp³-hybridized carbons (Fsp3) is 0.273. The van der Waals surface area contributed by atoms with E-state index in [0.29, 0.717) is 10.4 Å². The zero-order valence-electron chi connectivity index (χ0n) is 10.9. The average Bonchev–Trinajstić information content (AvgIpc) is 2.39. The zero-order valence-corrected chi connectivity index (χ0v) is 10.9. The maximum Gasteiger partial charge on any atom is 0.422 e. The lowest BCUT2D eigenvalue weighted by Gasteiger charge is -2.18. The first kappa shape index (κ1) is 17.7. The highest BCUT2D eigenvalue weighted by Gasteiger charge is 2.44. The lowest BCUT2D eigenvalue weighted by Crippen LogP contribution is -2.31. The largest absolute Gasteiger partial charge is 0.422 e. The Labute approximate surface area is 118 Å². The van der Waals surface area contributed by atoms with Crippen molar-refractivity contribution in [3.8, 4) is 0 Å². The molecule has 0 aliphatic rings. The van der Waals surface area contributed by atoms with Gasteiger partial charge < -0.3 is 4.90 Å². The predicted octanol–water partition coefficient (Wildman–Crippen LogP) is 2.44. The lowest BCUT2D eigenvalue weighted by atomic mass is 9.99. The molecule has 4 nitrogen and oxygen atoms in total. The van der Waals surface area contributed by atoms with E-state index in [9.17, 15) is 40.4 Å². The second kappa shape index (κ2) is 5.81. The van der Waals surface area contributed by atoms with E-state index in [-0.39, 0.29) is 0 Å². The molecule has 0 aliphatic carbocycles. The number of hydrogen-bond acceptors (Lipinski definition) is 2. The van der Waals surface area contributed by atoms with Crippen LogP contribution in [0.2, 0.25) is 0 Å². The third-order valence-corrected chi connectivity index (χ3v) is 2.54. The van der Waals surface area contributed by atoms with Gasteiger partial charge in [0.15, 0.2) is 17.5 Å². The highest BCUT2D eigenvalue weighted by atomic mass is 19.4. The molecular weight excluding hydrogens is 325 g/mol. The Morgan fingerprint density at radius 1 is 0.955 bits per heavy atom. The molecule has 0 saturated heterocycles. The molecule has 11 heteroatoms. The van der Waals surface area contributed by atoms with E-state index in [0.717, 1.165) is 14.1 Å². The van der Waals surface area contributed by atoms with E-state index in [1.807, 2.05) is 0 Å². The Morgan fingerprint density at radius 2 is 1.45 bits per heavy atom. The number of halogens is 7. The van der Waals surface area contributed by atoms with Crippen molar-refractivity contribution in [3.05, 3.63) is 34.1 Å². The smallest absolute Gasteiger partial charge is 0.345 e. The van der Waals surface area contributed by atoms with Crippen molar-refractivity contribution in [1.82, 2.24) is 10.4 Å². The summed E-state index contributed by atoms with van der Waals surface area (Å²) in [6.07, 6.45) is -5.68. The van der Waals surface area contributed by atoms with Crippen LogP contribution in [0.4, 0.5) is 30.8 Å². The Hall–Kier alpha value is -2.33. The Bertz CT molecular complexity index is 641. The molecule has 0 spiro atoms. The van der Waals surface area contributed by atoms with E-state index >= 15 is 0 Å². The van der Waals surface area contributed by atoms with Gasteiger partial charge in [0, 0.05) is 14.1 Å². The minimum Gasteiger partial charge on any atom is -0.345 e. The first-order valence-corrected chi connectivity index (χ1v) is 5.35. The first-order valence-electron chi connectivity index (χ1n) is 5.35. The van der Waals surface area contributed by atoms with Crippen molar-refractivity contribution in [2.45, 2.75) is 6.18 Å². The summed E-state index contributed by atoms with van der Waals surface area (Å²) in [6.45, 7) is 0. The maximum absolute atomic E-state index is 13.9. The number of rotatable bonds is 2. The predicted molar refractivity (Wildman–Crippen MR) is 57.9 cm³/mol. The van der Waals surface area contributed by atoms with E-state index in [1.165, 1.54) is 0 Å². The van der Waals surface area contributed by atoms with Crippen molar-refractivity contribution in [1.29, 1.82) is 0 Å². The van der Waals surface area contributed by atoms with Gasteiger partial charge >= 0.3 is 6.18 Å². The quantitative estimate of drug-likeness (QED) is 0.514. The SMILES string of the molecule is CN(C)C(=O)c1c(F)c(C(F)(F)F)c(F)c(F)c1C(=O)NF. The van der Waals surface area contributed by atoms with Gasteiger partial charge in [-0.1, -0.05) is 4.48 Å². The second-order valence-electron chi connectivity index (χ2n) is 4.19. The Balaban J connectivity index is 3.96. The van der Waals surface area contributed by atoms with Crippen LogP contribution in [-0.2, 0) is 6.18 Å². The third kappa shape index (κ3) is 2.83. The number of nitrogens with zero attached hydrogens (tertiary/aromatic N) is 1. The van der Waals surface area contributed by atoms with Crippen molar-refractivity contribution >= 4 is 11.8 Å². The summed E-state index contributed by atoms with van der Waals surface area (Å²) < 4.78 is 90.9. The minimum atomic E-state index is -5.68. The van der Waals surface area contributed by atoms with Crippen LogP contribution < -0.4 is 5.54 Å². The van der Waals surface area contributed by atoms with E-state index in [1.54, 1.807) is 0 Å². The van der Waals surface area contributed by atoms with Crippen LogP contribution in [0.1, 0.15) is 26.3 Å². The fourth-order valence-corrected chi connectivity index (χ4v) is 1.59. The summed E-state index contributed by atoms with van der Waals surface area (Å²) >= 11 is 0. The fourth-order valence-electron chi connectivity index (χ4n) is 1.59. The van der Waals surface area contributed by atoms with E-state index in [2.05, 4.69) is 0 Å². The van der Waals surface area contributed by atoms with Gasteiger partial charge in [-0.2, -0.15) is 18.7 Å². The number of carbonyl (C=O) groups excluding carboxylic acids is 2. The molecule has 0 atom stereocenters. The molecule has 0 aromatic heterocycles. The monoisotopic (exact) mass is 332 g/mol. The second-order valence-corrected chi connectivity index (χ2v) is 4.19. The lowest BCUT2D eigenvalue weighted by molar-refractivity contribution is -0.142. The number of amides is 2. The molecule has 1 rings (SSSR count). The molecule has 1 aromatic rings. The standard InChI is InChI=1S/C11H7F7N2O2/c1-20(2)10(22)4-3(9(21)19-18)7(13)8(14)5(6(4)12)11(15,16)17/h1-2H3,(H,19,21). The van der Waals surface area contributed by atoms with Crippen LogP contribution in [-0.4, -0.2) is 30.8 Å². The van der Waals surface area contributed by atoms with Crippen molar-refractivity contribution < 1.29 is 40.4 Å². The van der Waals surface area contributed by atoms with Crippen molar-refractivity contribution in [2.24, 2.45) is 0 Å². The molecule has 0 heterocycles. The summed E-state index contributed by atoms with van der Waals surface area (Å²) in [6, 6.07) is 0. The van der Waals surface area contributed by atoms with Gasteiger partial charge in [0.2, 0.25) is 0 Å². The summed E-state index contributed by atoms with van der Waals surface area (Å²) in [7, 11) is 1.90. The van der Waals surface area contributed by atoms with Gasteiger partial charge in [0.1, 0.15) is 5.56 Å².